The fourth-order valence-corrected chi connectivity index (χ4v) is 5.82. The van der Waals surface area contributed by atoms with Crippen molar-refractivity contribution in [3.05, 3.63) is 11.7 Å². The van der Waals surface area contributed by atoms with Gasteiger partial charge in [-0.05, 0) is 32.1 Å². The van der Waals surface area contributed by atoms with E-state index in [0.717, 1.165) is 6.42 Å². The number of hydrogen-bond acceptors (Lipinski definition) is 7. The number of hydrogen-bond donors (Lipinski definition) is 1. The van der Waals surface area contributed by atoms with Crippen molar-refractivity contribution >= 4 is 15.9 Å². The van der Waals surface area contributed by atoms with Gasteiger partial charge in [0.25, 0.3) is 0 Å². The second-order valence-electron chi connectivity index (χ2n) is 7.63. The Hall–Kier alpha value is -1.52. The molecule has 3 atom stereocenters. The molecular weight excluding hydrogens is 372 g/mol. The summed E-state index contributed by atoms with van der Waals surface area (Å²) in [6, 6.07) is -0.191. The average molecular weight is 401 g/mol. The number of likely N-dealkylation sites (tertiary alicyclic amines) is 1. The number of aryl methyl sites for hydroxylation is 1. The lowest BCUT2D eigenvalue weighted by Crippen LogP contribution is -2.40. The Balaban J connectivity index is 1.80. The minimum Gasteiger partial charge on any atom is -0.375 e. The van der Waals surface area contributed by atoms with Crippen LogP contribution in [0.25, 0.3) is 0 Å². The van der Waals surface area contributed by atoms with Crippen LogP contribution in [0.2, 0.25) is 0 Å². The molecule has 27 heavy (non-hydrogen) atoms. The Labute approximate surface area is 159 Å². The number of carbonyl (C=O) groups is 1. The van der Waals surface area contributed by atoms with Gasteiger partial charge in [0.15, 0.2) is 5.82 Å². The van der Waals surface area contributed by atoms with Gasteiger partial charge in [-0.25, -0.2) is 13.1 Å². The first kappa shape index (κ1) is 20.2. The summed E-state index contributed by atoms with van der Waals surface area (Å²) in [6.45, 7) is 4.72. The molecule has 152 valence electrons. The maximum absolute atomic E-state index is 12.3. The lowest BCUT2D eigenvalue weighted by atomic mass is 9.80. The third kappa shape index (κ3) is 4.17. The maximum atomic E-state index is 12.3. The molecule has 1 aliphatic carbocycles. The van der Waals surface area contributed by atoms with Crippen molar-refractivity contribution in [1.82, 2.24) is 19.8 Å². The fourth-order valence-electron chi connectivity index (χ4n) is 4.34. The first-order chi connectivity index (χ1) is 12.8. The lowest BCUT2D eigenvalue weighted by Gasteiger charge is -2.25. The van der Waals surface area contributed by atoms with E-state index in [1.54, 1.807) is 11.8 Å². The molecule has 2 fully saturated rings. The zero-order valence-corrected chi connectivity index (χ0v) is 16.9. The molecule has 1 N–H and O–H groups in total. The Bertz CT molecular complexity index is 780. The van der Waals surface area contributed by atoms with Crippen molar-refractivity contribution in [2.24, 2.45) is 5.92 Å². The fraction of sp³-hybridized carbons (Fsp3) is 0.824. The van der Waals surface area contributed by atoms with Crippen LogP contribution in [0, 0.1) is 12.8 Å². The van der Waals surface area contributed by atoms with E-state index in [4.69, 9.17) is 9.26 Å². The Morgan fingerprint density at radius 1 is 1.48 bits per heavy atom. The van der Waals surface area contributed by atoms with Gasteiger partial charge in [0.05, 0.1) is 11.2 Å². The summed E-state index contributed by atoms with van der Waals surface area (Å²) < 4.78 is 37.9. The molecule has 0 spiro atoms. The number of sulfonamides is 1. The second-order valence-corrected chi connectivity index (χ2v) is 9.51. The molecule has 0 aromatic carbocycles. The van der Waals surface area contributed by atoms with Gasteiger partial charge in [0.1, 0.15) is 6.61 Å². The zero-order valence-electron chi connectivity index (χ0n) is 16.1. The van der Waals surface area contributed by atoms with Gasteiger partial charge in [-0.15, -0.1) is 0 Å². The van der Waals surface area contributed by atoms with E-state index in [0.29, 0.717) is 44.1 Å². The quantitative estimate of drug-likeness (QED) is 0.679. The van der Waals surface area contributed by atoms with Crippen molar-refractivity contribution < 1.29 is 22.5 Å². The van der Waals surface area contributed by atoms with Gasteiger partial charge < -0.3 is 14.2 Å². The van der Waals surface area contributed by atoms with Gasteiger partial charge in [-0.3, -0.25) is 4.79 Å². The number of nitrogens with one attached hydrogen (secondary N) is 1. The van der Waals surface area contributed by atoms with Crippen LogP contribution in [0.4, 0.5) is 0 Å². The molecule has 1 aliphatic heterocycles. The predicted octanol–water partition coefficient (Wildman–Crippen LogP) is 0.603. The second kappa shape index (κ2) is 7.84. The summed E-state index contributed by atoms with van der Waals surface area (Å²) in [7, 11) is -1.82. The summed E-state index contributed by atoms with van der Waals surface area (Å²) in [5.74, 6) is 1.15. The molecule has 1 aromatic rings. The van der Waals surface area contributed by atoms with Gasteiger partial charge in [-0.2, -0.15) is 4.98 Å². The lowest BCUT2D eigenvalue weighted by molar-refractivity contribution is -0.134. The zero-order chi connectivity index (χ0) is 19.7. The highest BCUT2D eigenvalue weighted by Gasteiger charge is 2.58. The van der Waals surface area contributed by atoms with Gasteiger partial charge in [-0.1, -0.05) is 18.5 Å². The first-order valence-electron chi connectivity index (χ1n) is 9.37. The van der Waals surface area contributed by atoms with Gasteiger partial charge in [0.2, 0.25) is 21.8 Å². The standard InChI is InChI=1S/C17H28N4O5S/c1-4-5-6-27(23,24)20-14-7-13-9-21(15(22)10-25-3)11-17(13,8-14)16-18-12(2)19-26-16/h13-14,20H,4-11H2,1-3H3/t13?,14-,17+/m1/s1. The molecule has 0 bridgehead atoms. The number of unbranched alkanes of at least 4 members (excludes halogenated alkanes) is 1. The summed E-state index contributed by atoms with van der Waals surface area (Å²) in [4.78, 5) is 18.5. The normalized spacial score (nSPS) is 27.9. The van der Waals surface area contributed by atoms with Crippen molar-refractivity contribution in [1.29, 1.82) is 0 Å². The highest BCUT2D eigenvalue weighted by molar-refractivity contribution is 7.89. The van der Waals surface area contributed by atoms with Gasteiger partial charge in [0, 0.05) is 26.2 Å². The minimum atomic E-state index is -3.32. The number of ether oxygens (including phenoxy) is 1. The van der Waals surface area contributed by atoms with Crippen molar-refractivity contribution in [3.63, 3.8) is 0 Å². The van der Waals surface area contributed by atoms with Crippen molar-refractivity contribution in [2.45, 2.75) is 51.0 Å². The highest BCUT2D eigenvalue weighted by Crippen LogP contribution is 2.50. The molecule has 1 amide bonds. The SMILES string of the molecule is CCCCS(=O)(=O)N[C@@H]1CC2CN(C(=O)COC)C[C@@]2(c2nc(C)no2)C1. The number of rotatable bonds is 8. The summed E-state index contributed by atoms with van der Waals surface area (Å²) in [6.07, 6.45) is 2.65. The minimum absolute atomic E-state index is 0.0265. The molecule has 10 heteroatoms. The molecular formula is C17H28N4O5S. The number of aromatic nitrogens is 2. The van der Waals surface area contributed by atoms with Crippen LogP contribution in [0.1, 0.15) is 44.3 Å². The van der Waals surface area contributed by atoms with Crippen LogP contribution in [-0.2, 0) is 25.0 Å². The molecule has 9 nitrogen and oxygen atoms in total. The largest absolute Gasteiger partial charge is 0.375 e. The monoisotopic (exact) mass is 400 g/mol. The number of methoxy groups -OCH3 is 1. The first-order valence-corrected chi connectivity index (χ1v) is 11.0. The van der Waals surface area contributed by atoms with Crippen LogP contribution in [-0.4, -0.2) is 68.0 Å². The van der Waals surface area contributed by atoms with Gasteiger partial charge >= 0.3 is 0 Å². The third-order valence-electron chi connectivity index (χ3n) is 5.56. The number of nitrogens with zero attached hydrogens (tertiary/aromatic N) is 3. The molecule has 2 aliphatic rings. The summed E-state index contributed by atoms with van der Waals surface area (Å²) in [5, 5.41) is 3.91. The van der Waals surface area contributed by atoms with E-state index < -0.39 is 15.4 Å². The molecule has 1 saturated carbocycles. The van der Waals surface area contributed by atoms with E-state index in [1.165, 1.54) is 7.11 Å². The Morgan fingerprint density at radius 2 is 2.26 bits per heavy atom. The van der Waals surface area contributed by atoms with Crippen molar-refractivity contribution in [2.75, 3.05) is 32.6 Å². The third-order valence-corrected chi connectivity index (χ3v) is 7.08. The number of amides is 1. The molecule has 0 radical (unpaired) electrons. The van der Waals surface area contributed by atoms with Crippen LogP contribution < -0.4 is 4.72 Å². The predicted molar refractivity (Wildman–Crippen MR) is 97.5 cm³/mol. The molecule has 2 heterocycles. The van der Waals surface area contributed by atoms with Crippen LogP contribution in [0.3, 0.4) is 0 Å². The highest BCUT2D eigenvalue weighted by atomic mass is 32.2. The van der Waals surface area contributed by atoms with E-state index in [9.17, 15) is 13.2 Å². The molecule has 1 saturated heterocycles. The van der Waals surface area contributed by atoms with Crippen LogP contribution in [0.15, 0.2) is 4.52 Å². The van der Waals surface area contributed by atoms with Crippen molar-refractivity contribution in [3.8, 4) is 0 Å². The summed E-state index contributed by atoms with van der Waals surface area (Å²) >= 11 is 0. The molecule has 3 rings (SSSR count). The number of carbonyl (C=O) groups excluding carboxylic acids is 1. The Kier molecular flexibility index (Phi) is 5.87. The molecule has 1 unspecified atom stereocenters. The topological polar surface area (TPSA) is 115 Å². The van der Waals surface area contributed by atoms with E-state index in [2.05, 4.69) is 14.9 Å². The Morgan fingerprint density at radius 3 is 2.89 bits per heavy atom. The summed E-state index contributed by atoms with van der Waals surface area (Å²) in [5.41, 5.74) is -0.511. The van der Waals surface area contributed by atoms with Crippen LogP contribution >= 0.6 is 0 Å². The van der Waals surface area contributed by atoms with E-state index in [1.807, 2.05) is 6.92 Å². The number of fused-ring (bicyclic) bond motifs is 1. The maximum Gasteiger partial charge on any atom is 0.248 e. The smallest absolute Gasteiger partial charge is 0.248 e. The average Bonchev–Trinajstić information content (AvgIpc) is 3.25. The van der Waals surface area contributed by atoms with E-state index >= 15 is 0 Å². The van der Waals surface area contributed by atoms with E-state index in [-0.39, 0.29) is 30.2 Å². The molecule has 1 aromatic heterocycles. The van der Waals surface area contributed by atoms with Crippen LogP contribution in [0.5, 0.6) is 0 Å².